The maximum Gasteiger partial charge on any atom is 0.306 e. The highest BCUT2D eigenvalue weighted by Gasteiger charge is 2.55. The van der Waals surface area contributed by atoms with Gasteiger partial charge >= 0.3 is 5.97 Å². The van der Waals surface area contributed by atoms with Crippen molar-refractivity contribution < 1.29 is 9.53 Å². The summed E-state index contributed by atoms with van der Waals surface area (Å²) in [6.45, 7) is 4.45. The third kappa shape index (κ3) is 8.31. The number of hydrogen-bond donors (Lipinski definition) is 0. The first-order chi connectivity index (χ1) is 14.1. The molecule has 29 heavy (non-hydrogen) atoms. The van der Waals surface area contributed by atoms with Gasteiger partial charge in [-0.3, -0.25) is 4.79 Å². The van der Waals surface area contributed by atoms with Gasteiger partial charge in [-0.25, -0.2) is 0 Å². The van der Waals surface area contributed by atoms with Crippen LogP contribution < -0.4 is 0 Å². The Morgan fingerprint density at radius 3 is 2.21 bits per heavy atom. The van der Waals surface area contributed by atoms with E-state index in [2.05, 4.69) is 25.6 Å². The Bertz CT molecular complexity index is 497. The van der Waals surface area contributed by atoms with Crippen LogP contribution in [0.5, 0.6) is 0 Å². The summed E-state index contributed by atoms with van der Waals surface area (Å²) in [6.07, 6.45) is 21.9. The number of esters is 1. The number of hydrogen-bond acceptors (Lipinski definition) is 4. The fraction of sp³-hybridized carbons (Fsp3) is 0.960. The second-order valence-electron chi connectivity index (χ2n) is 9.85. The van der Waals surface area contributed by atoms with Crippen molar-refractivity contribution in [3.8, 4) is 0 Å². The van der Waals surface area contributed by atoms with Gasteiger partial charge in [0.15, 0.2) is 0 Å². The highest BCUT2D eigenvalue weighted by molar-refractivity contribution is 8.08. The van der Waals surface area contributed by atoms with Crippen LogP contribution in [-0.4, -0.2) is 32.6 Å². The van der Waals surface area contributed by atoms with Crippen LogP contribution in [0.2, 0.25) is 0 Å². The minimum atomic E-state index is -0.168. The first-order valence-electron chi connectivity index (χ1n) is 12.6. The van der Waals surface area contributed by atoms with Crippen LogP contribution in [0.1, 0.15) is 123 Å². The minimum Gasteiger partial charge on any atom is -0.458 e. The summed E-state index contributed by atoms with van der Waals surface area (Å²) in [7, 11) is 0. The molecule has 0 amide bonds. The van der Waals surface area contributed by atoms with E-state index in [4.69, 9.17) is 4.74 Å². The predicted octanol–water partition coefficient (Wildman–Crippen LogP) is 7.92. The molecule has 2 heterocycles. The zero-order chi connectivity index (χ0) is 20.5. The lowest BCUT2D eigenvalue weighted by Crippen LogP contribution is -2.40. The third-order valence-corrected chi connectivity index (χ3v) is 10.3. The smallest absolute Gasteiger partial charge is 0.306 e. The van der Waals surface area contributed by atoms with Crippen molar-refractivity contribution in [1.29, 1.82) is 0 Å². The Labute approximate surface area is 188 Å². The van der Waals surface area contributed by atoms with Crippen molar-refractivity contribution in [1.82, 2.24) is 0 Å². The number of unbranched alkanes of at least 4 members (excludes halogenated alkanes) is 9. The first-order valence-corrected chi connectivity index (χ1v) is 14.5. The molecule has 0 bridgehead atoms. The number of fused-ring (bicyclic) bond motifs is 1. The average Bonchev–Trinajstić information content (AvgIpc) is 3.60. The second kappa shape index (κ2) is 12.3. The maximum atomic E-state index is 12.2. The van der Waals surface area contributed by atoms with Gasteiger partial charge in [0.05, 0.1) is 5.25 Å². The van der Waals surface area contributed by atoms with Gasteiger partial charge in [-0.15, -0.1) is 11.8 Å². The van der Waals surface area contributed by atoms with Crippen LogP contribution in [-0.2, 0) is 9.53 Å². The maximum absolute atomic E-state index is 12.2. The van der Waals surface area contributed by atoms with Crippen LogP contribution in [0.4, 0.5) is 0 Å². The molecule has 0 aromatic carbocycles. The van der Waals surface area contributed by atoms with E-state index >= 15 is 0 Å². The fourth-order valence-corrected chi connectivity index (χ4v) is 7.78. The van der Waals surface area contributed by atoms with Crippen molar-refractivity contribution in [2.45, 2.75) is 150 Å². The molecule has 2 nitrogen and oxygen atoms in total. The van der Waals surface area contributed by atoms with E-state index in [1.165, 1.54) is 89.9 Å². The normalized spacial score (nSPS) is 32.6. The van der Waals surface area contributed by atoms with E-state index in [1.54, 1.807) is 0 Å². The Balaban J connectivity index is 1.09. The molecule has 5 unspecified atom stereocenters. The molecule has 1 saturated carbocycles. The lowest BCUT2D eigenvalue weighted by atomic mass is 9.86. The molecule has 3 rings (SSSR count). The lowest BCUT2D eigenvalue weighted by molar-refractivity contribution is -0.159. The molecule has 4 heteroatoms. The zero-order valence-electron chi connectivity index (χ0n) is 19.0. The quantitative estimate of drug-likeness (QED) is 0.138. The van der Waals surface area contributed by atoms with Crippen molar-refractivity contribution in [3.63, 3.8) is 0 Å². The molecule has 0 spiro atoms. The number of thioether (sulfide) groups is 2. The lowest BCUT2D eigenvalue weighted by Gasteiger charge is -2.32. The van der Waals surface area contributed by atoms with E-state index in [0.29, 0.717) is 11.7 Å². The summed E-state index contributed by atoms with van der Waals surface area (Å²) in [4.78, 5) is 12.2. The Kier molecular flexibility index (Phi) is 10.1. The van der Waals surface area contributed by atoms with E-state index in [0.717, 1.165) is 28.6 Å². The summed E-state index contributed by atoms with van der Waals surface area (Å²) in [5.74, 6) is 0.0487. The molecule has 168 valence electrons. The second-order valence-corrected chi connectivity index (χ2v) is 12.7. The first kappa shape index (κ1) is 23.8. The summed E-state index contributed by atoms with van der Waals surface area (Å²) in [6, 6.07) is 0. The summed E-state index contributed by atoms with van der Waals surface area (Å²) in [5.41, 5.74) is -0.168. The number of carbonyl (C=O) groups is 1. The van der Waals surface area contributed by atoms with Gasteiger partial charge in [0.1, 0.15) is 5.60 Å². The standard InChI is InChI=1S/C25H44O2S2/c1-3-4-5-6-8-11-15-20-21(28-20)16-12-9-7-10-13-18-23(26)27-25(2)19-14-17-22-24(25)29-22/h20-22,24H,3-19H2,1-2H3. The molecule has 3 aliphatic rings. The van der Waals surface area contributed by atoms with Gasteiger partial charge < -0.3 is 4.74 Å². The number of carbonyl (C=O) groups excluding carboxylic acids is 1. The molecule has 1 aliphatic carbocycles. The van der Waals surface area contributed by atoms with Gasteiger partial charge in [0.2, 0.25) is 0 Å². The van der Waals surface area contributed by atoms with E-state index in [-0.39, 0.29) is 11.6 Å². The monoisotopic (exact) mass is 440 g/mol. The number of rotatable bonds is 16. The van der Waals surface area contributed by atoms with Gasteiger partial charge in [-0.2, -0.15) is 11.8 Å². The summed E-state index contributed by atoms with van der Waals surface area (Å²) in [5, 5.41) is 3.32. The van der Waals surface area contributed by atoms with E-state index in [9.17, 15) is 4.79 Å². The van der Waals surface area contributed by atoms with Crippen LogP contribution in [0.25, 0.3) is 0 Å². The predicted molar refractivity (Wildman–Crippen MR) is 129 cm³/mol. The highest BCUT2D eigenvalue weighted by Crippen LogP contribution is 2.56. The zero-order valence-corrected chi connectivity index (χ0v) is 20.6. The molecule has 0 N–H and O–H groups in total. The van der Waals surface area contributed by atoms with Crippen LogP contribution in [0, 0.1) is 0 Å². The SMILES string of the molecule is CCCCCCCCC1SC1CCCCCCCC(=O)OC1(C)CCCC2SC21. The van der Waals surface area contributed by atoms with Crippen molar-refractivity contribution >= 4 is 29.5 Å². The molecule has 2 aliphatic heterocycles. The Morgan fingerprint density at radius 1 is 0.897 bits per heavy atom. The van der Waals surface area contributed by atoms with Crippen LogP contribution in [0.3, 0.4) is 0 Å². The van der Waals surface area contributed by atoms with Gasteiger partial charge in [-0.05, 0) is 45.4 Å². The third-order valence-electron chi connectivity index (χ3n) is 7.09. The molecular weight excluding hydrogens is 396 g/mol. The fourth-order valence-electron chi connectivity index (χ4n) is 5.07. The topological polar surface area (TPSA) is 26.3 Å². The summed E-state index contributed by atoms with van der Waals surface area (Å²) >= 11 is 4.26. The largest absolute Gasteiger partial charge is 0.458 e. The molecule has 0 aromatic heterocycles. The van der Waals surface area contributed by atoms with Crippen LogP contribution in [0.15, 0.2) is 0 Å². The Hall–Kier alpha value is 0.170. The minimum absolute atomic E-state index is 0.0487. The highest BCUT2D eigenvalue weighted by atomic mass is 32.2. The summed E-state index contributed by atoms with van der Waals surface area (Å²) < 4.78 is 5.91. The number of ether oxygens (including phenoxy) is 1. The molecular formula is C25H44O2S2. The molecule has 5 atom stereocenters. The van der Waals surface area contributed by atoms with Gasteiger partial charge in [-0.1, -0.05) is 71.1 Å². The Morgan fingerprint density at radius 2 is 1.52 bits per heavy atom. The molecule has 0 radical (unpaired) electrons. The molecule has 2 saturated heterocycles. The van der Waals surface area contributed by atoms with Crippen molar-refractivity contribution in [2.75, 3.05) is 0 Å². The van der Waals surface area contributed by atoms with Crippen molar-refractivity contribution in [3.05, 3.63) is 0 Å². The van der Waals surface area contributed by atoms with Gasteiger partial charge in [0.25, 0.3) is 0 Å². The molecule has 3 fully saturated rings. The van der Waals surface area contributed by atoms with Crippen LogP contribution >= 0.6 is 23.5 Å². The average molecular weight is 441 g/mol. The van der Waals surface area contributed by atoms with E-state index in [1.807, 2.05) is 11.8 Å². The molecule has 0 aromatic rings. The van der Waals surface area contributed by atoms with Crippen molar-refractivity contribution in [2.24, 2.45) is 0 Å². The van der Waals surface area contributed by atoms with E-state index < -0.39 is 0 Å². The van der Waals surface area contributed by atoms with Gasteiger partial charge in [0, 0.05) is 22.2 Å².